The van der Waals surface area contributed by atoms with Gasteiger partial charge < -0.3 is 14.6 Å². The highest BCUT2D eigenvalue weighted by molar-refractivity contribution is 7.89. The zero-order chi connectivity index (χ0) is 16.0. The summed E-state index contributed by atoms with van der Waals surface area (Å²) < 4.78 is 36.8. The lowest BCUT2D eigenvalue weighted by molar-refractivity contribution is -0.141. The molecule has 0 aliphatic heterocycles. The average molecular weight is 317 g/mol. The van der Waals surface area contributed by atoms with Gasteiger partial charge in [-0.05, 0) is 18.6 Å². The fraction of sp³-hybridized carbons (Fsp3) is 0.462. The SMILES string of the molecule is COc1ccc(S(=O)(=O)NCCC(C)C(=O)O)c(OC)c1. The molecule has 2 N–H and O–H groups in total. The molecule has 1 aromatic carbocycles. The molecule has 0 aromatic heterocycles. The number of nitrogens with one attached hydrogen (secondary N) is 1. The highest BCUT2D eigenvalue weighted by atomic mass is 32.2. The summed E-state index contributed by atoms with van der Waals surface area (Å²) in [5, 5.41) is 8.76. The number of hydrogen-bond donors (Lipinski definition) is 2. The summed E-state index contributed by atoms with van der Waals surface area (Å²) in [7, 11) is -0.945. The van der Waals surface area contributed by atoms with Crippen LogP contribution in [0.1, 0.15) is 13.3 Å². The van der Waals surface area contributed by atoms with E-state index in [1.54, 1.807) is 0 Å². The van der Waals surface area contributed by atoms with Gasteiger partial charge in [0.15, 0.2) is 0 Å². The molecule has 0 fully saturated rings. The molecule has 0 heterocycles. The van der Waals surface area contributed by atoms with Gasteiger partial charge in [-0.3, -0.25) is 4.79 Å². The minimum absolute atomic E-state index is 0.0196. The standard InChI is InChI=1S/C13H19NO6S/c1-9(13(15)16)6-7-14-21(17,18)12-5-4-10(19-2)8-11(12)20-3/h4-5,8-9,14H,6-7H2,1-3H3,(H,15,16). The van der Waals surface area contributed by atoms with Crippen LogP contribution in [0.5, 0.6) is 11.5 Å². The maximum Gasteiger partial charge on any atom is 0.306 e. The van der Waals surface area contributed by atoms with Crippen LogP contribution in [-0.2, 0) is 14.8 Å². The lowest BCUT2D eigenvalue weighted by Crippen LogP contribution is -2.27. The topological polar surface area (TPSA) is 102 Å². The van der Waals surface area contributed by atoms with Crippen LogP contribution < -0.4 is 14.2 Å². The Hall–Kier alpha value is -1.80. The summed E-state index contributed by atoms with van der Waals surface area (Å²) in [5.41, 5.74) is 0. The van der Waals surface area contributed by atoms with E-state index < -0.39 is 21.9 Å². The normalized spacial score (nSPS) is 12.7. The summed E-state index contributed by atoms with van der Waals surface area (Å²) in [6.45, 7) is 1.55. The molecule has 0 saturated heterocycles. The number of hydrogen-bond acceptors (Lipinski definition) is 5. The zero-order valence-corrected chi connectivity index (χ0v) is 12.9. The van der Waals surface area contributed by atoms with Crippen molar-refractivity contribution >= 4 is 16.0 Å². The molecule has 0 bridgehead atoms. The number of sulfonamides is 1. The maximum absolute atomic E-state index is 12.2. The van der Waals surface area contributed by atoms with E-state index >= 15 is 0 Å². The Balaban J connectivity index is 2.85. The van der Waals surface area contributed by atoms with E-state index in [1.165, 1.54) is 39.3 Å². The molecule has 0 spiro atoms. The second-order valence-electron chi connectivity index (χ2n) is 4.44. The van der Waals surface area contributed by atoms with Crippen molar-refractivity contribution in [2.24, 2.45) is 5.92 Å². The van der Waals surface area contributed by atoms with Crippen LogP contribution in [0.15, 0.2) is 23.1 Å². The van der Waals surface area contributed by atoms with E-state index in [0.29, 0.717) is 5.75 Å². The molecule has 1 atom stereocenters. The first kappa shape index (κ1) is 17.3. The zero-order valence-electron chi connectivity index (χ0n) is 12.1. The largest absolute Gasteiger partial charge is 0.497 e. The van der Waals surface area contributed by atoms with E-state index in [1.807, 2.05) is 0 Å². The van der Waals surface area contributed by atoms with E-state index in [-0.39, 0.29) is 23.6 Å². The summed E-state index contributed by atoms with van der Waals surface area (Å²) in [4.78, 5) is 10.7. The summed E-state index contributed by atoms with van der Waals surface area (Å²) >= 11 is 0. The fourth-order valence-corrected chi connectivity index (χ4v) is 2.80. The molecule has 21 heavy (non-hydrogen) atoms. The van der Waals surface area contributed by atoms with Gasteiger partial charge in [0.1, 0.15) is 16.4 Å². The monoisotopic (exact) mass is 317 g/mol. The second kappa shape index (κ2) is 7.28. The van der Waals surface area contributed by atoms with Crippen LogP contribution in [0.4, 0.5) is 0 Å². The Morgan fingerprint density at radius 1 is 1.33 bits per heavy atom. The summed E-state index contributed by atoms with van der Waals surface area (Å²) in [6.07, 6.45) is 0.201. The van der Waals surface area contributed by atoms with Gasteiger partial charge in [-0.1, -0.05) is 6.92 Å². The van der Waals surface area contributed by atoms with Gasteiger partial charge in [0.25, 0.3) is 0 Å². The first-order valence-corrected chi connectivity index (χ1v) is 7.74. The van der Waals surface area contributed by atoms with Crippen LogP contribution in [0.25, 0.3) is 0 Å². The van der Waals surface area contributed by atoms with Crippen molar-refractivity contribution < 1.29 is 27.8 Å². The second-order valence-corrected chi connectivity index (χ2v) is 6.18. The Morgan fingerprint density at radius 2 is 2.00 bits per heavy atom. The van der Waals surface area contributed by atoms with Gasteiger partial charge in [0.05, 0.1) is 20.1 Å². The van der Waals surface area contributed by atoms with Crippen LogP contribution >= 0.6 is 0 Å². The lowest BCUT2D eigenvalue weighted by atomic mass is 10.1. The number of rotatable bonds is 8. The quantitative estimate of drug-likeness (QED) is 0.744. The first-order chi connectivity index (χ1) is 9.81. The van der Waals surface area contributed by atoms with Crippen molar-refractivity contribution in [3.63, 3.8) is 0 Å². The molecule has 1 rings (SSSR count). The third kappa shape index (κ3) is 4.61. The van der Waals surface area contributed by atoms with Crippen molar-refractivity contribution in [2.45, 2.75) is 18.2 Å². The van der Waals surface area contributed by atoms with Gasteiger partial charge in [-0.2, -0.15) is 0 Å². The van der Waals surface area contributed by atoms with Crippen LogP contribution in [0.3, 0.4) is 0 Å². The number of carboxylic acid groups (broad SMARTS) is 1. The van der Waals surface area contributed by atoms with E-state index in [2.05, 4.69) is 4.72 Å². The highest BCUT2D eigenvalue weighted by Crippen LogP contribution is 2.28. The van der Waals surface area contributed by atoms with Gasteiger partial charge in [0.2, 0.25) is 10.0 Å². The highest BCUT2D eigenvalue weighted by Gasteiger charge is 2.20. The number of carboxylic acids is 1. The Kier molecular flexibility index (Phi) is 5.98. The molecule has 1 unspecified atom stereocenters. The number of aliphatic carboxylic acids is 1. The van der Waals surface area contributed by atoms with Gasteiger partial charge in [-0.25, -0.2) is 13.1 Å². The van der Waals surface area contributed by atoms with Crippen molar-refractivity contribution in [2.75, 3.05) is 20.8 Å². The van der Waals surface area contributed by atoms with E-state index in [0.717, 1.165) is 0 Å². The number of ether oxygens (including phenoxy) is 2. The van der Waals surface area contributed by atoms with Crippen molar-refractivity contribution in [1.82, 2.24) is 4.72 Å². The third-order valence-electron chi connectivity index (χ3n) is 2.95. The third-order valence-corrected chi connectivity index (χ3v) is 4.45. The molecule has 1 aromatic rings. The number of benzene rings is 1. The molecule has 118 valence electrons. The molecule has 0 saturated carbocycles. The van der Waals surface area contributed by atoms with Crippen LogP contribution in [0, 0.1) is 5.92 Å². The molecule has 0 aliphatic carbocycles. The van der Waals surface area contributed by atoms with Gasteiger partial charge in [0, 0.05) is 12.6 Å². The lowest BCUT2D eigenvalue weighted by Gasteiger charge is -2.12. The van der Waals surface area contributed by atoms with Crippen molar-refractivity contribution in [3.05, 3.63) is 18.2 Å². The first-order valence-electron chi connectivity index (χ1n) is 6.26. The van der Waals surface area contributed by atoms with Crippen molar-refractivity contribution in [1.29, 1.82) is 0 Å². The summed E-state index contributed by atoms with van der Waals surface area (Å²) in [5.74, 6) is -0.944. The van der Waals surface area contributed by atoms with Crippen LogP contribution in [0.2, 0.25) is 0 Å². The predicted octanol–water partition coefficient (Wildman–Crippen LogP) is 1.09. The van der Waals surface area contributed by atoms with Gasteiger partial charge >= 0.3 is 5.97 Å². The minimum atomic E-state index is -3.77. The van der Waals surface area contributed by atoms with E-state index in [9.17, 15) is 13.2 Å². The number of methoxy groups -OCH3 is 2. The number of carbonyl (C=O) groups is 1. The van der Waals surface area contributed by atoms with Crippen LogP contribution in [-0.4, -0.2) is 40.3 Å². The molecule has 0 radical (unpaired) electrons. The molecular weight excluding hydrogens is 298 g/mol. The smallest absolute Gasteiger partial charge is 0.306 e. The summed E-state index contributed by atoms with van der Waals surface area (Å²) in [6, 6.07) is 4.35. The Bertz CT molecular complexity index is 599. The van der Waals surface area contributed by atoms with Crippen molar-refractivity contribution in [3.8, 4) is 11.5 Å². The molecule has 0 aliphatic rings. The predicted molar refractivity (Wildman–Crippen MR) is 76.2 cm³/mol. The minimum Gasteiger partial charge on any atom is -0.497 e. The molecular formula is C13H19NO6S. The molecule has 0 amide bonds. The Morgan fingerprint density at radius 3 is 2.52 bits per heavy atom. The Labute approximate surface area is 123 Å². The fourth-order valence-electron chi connectivity index (χ4n) is 1.61. The molecule has 8 heteroatoms. The van der Waals surface area contributed by atoms with E-state index in [4.69, 9.17) is 14.6 Å². The maximum atomic E-state index is 12.2. The van der Waals surface area contributed by atoms with Gasteiger partial charge in [-0.15, -0.1) is 0 Å². The molecule has 7 nitrogen and oxygen atoms in total. The average Bonchev–Trinajstić information content (AvgIpc) is 2.45.